The lowest BCUT2D eigenvalue weighted by atomic mass is 10.1. The van der Waals surface area contributed by atoms with E-state index in [0.717, 1.165) is 5.56 Å². The average Bonchev–Trinajstić information content (AvgIpc) is 3.23. The fraction of sp³-hybridized carbons (Fsp3) is 0.333. The number of aromatic nitrogens is 2. The Morgan fingerprint density at radius 3 is 2.24 bits per heavy atom. The van der Waals surface area contributed by atoms with E-state index in [2.05, 4.69) is 10.4 Å². The van der Waals surface area contributed by atoms with Crippen molar-refractivity contribution in [3.8, 4) is 33.7 Å². The van der Waals surface area contributed by atoms with E-state index in [9.17, 15) is 9.90 Å². The van der Waals surface area contributed by atoms with Gasteiger partial charge in [0.15, 0.2) is 4.83 Å². The smallest absolute Gasteiger partial charge is 0.409 e. The number of rotatable bonds is 8. The minimum absolute atomic E-state index is 0.136. The molecular weight excluding hydrogens is 402 g/mol. The van der Waals surface area contributed by atoms with E-state index < -0.39 is 6.09 Å². The molecule has 156 valence electrons. The van der Waals surface area contributed by atoms with E-state index in [1.165, 1.54) is 25.6 Å². The lowest BCUT2D eigenvalue weighted by molar-refractivity contribution is 0.184. The molecule has 2 aromatic heterocycles. The zero-order valence-corrected chi connectivity index (χ0v) is 17.4. The van der Waals surface area contributed by atoms with Gasteiger partial charge in [-0.1, -0.05) is 11.3 Å². The Labute approximate surface area is 170 Å². The van der Waals surface area contributed by atoms with Crippen LogP contribution in [0.5, 0.6) is 22.4 Å². The SMILES string of the molecule is COCc1cc(OC)c(-c2c(OC)sc3c(NC(=O)O)c(OC)nn23)c(OC)c1. The van der Waals surface area contributed by atoms with Crippen LogP contribution in [0.1, 0.15) is 5.56 Å². The summed E-state index contributed by atoms with van der Waals surface area (Å²) in [6, 6.07) is 3.67. The summed E-state index contributed by atoms with van der Waals surface area (Å²) in [5.74, 6) is 1.18. The molecule has 1 aromatic carbocycles. The summed E-state index contributed by atoms with van der Waals surface area (Å²) in [5, 5.41) is 16.4. The van der Waals surface area contributed by atoms with Crippen molar-refractivity contribution in [1.29, 1.82) is 0 Å². The van der Waals surface area contributed by atoms with Gasteiger partial charge in [0, 0.05) is 7.11 Å². The van der Waals surface area contributed by atoms with Gasteiger partial charge in [0.2, 0.25) is 5.06 Å². The molecule has 29 heavy (non-hydrogen) atoms. The van der Waals surface area contributed by atoms with Crippen molar-refractivity contribution in [3.63, 3.8) is 0 Å². The van der Waals surface area contributed by atoms with Crippen LogP contribution in [-0.4, -0.2) is 56.4 Å². The van der Waals surface area contributed by atoms with E-state index in [4.69, 9.17) is 23.7 Å². The van der Waals surface area contributed by atoms with Gasteiger partial charge in [-0.25, -0.2) is 9.31 Å². The summed E-state index contributed by atoms with van der Waals surface area (Å²) >= 11 is 1.21. The molecule has 0 aliphatic heterocycles. The minimum atomic E-state index is -1.23. The number of ether oxygens (including phenoxy) is 5. The van der Waals surface area contributed by atoms with Gasteiger partial charge >= 0.3 is 6.09 Å². The third-order valence-corrected chi connectivity index (χ3v) is 5.25. The Morgan fingerprint density at radius 2 is 1.76 bits per heavy atom. The van der Waals surface area contributed by atoms with Gasteiger partial charge in [-0.15, -0.1) is 5.10 Å². The number of thiazole rings is 1. The first-order valence-electron chi connectivity index (χ1n) is 8.36. The van der Waals surface area contributed by atoms with Crippen molar-refractivity contribution in [1.82, 2.24) is 9.61 Å². The van der Waals surface area contributed by atoms with E-state index in [1.807, 2.05) is 12.1 Å². The molecule has 0 fully saturated rings. The number of carbonyl (C=O) groups is 1. The van der Waals surface area contributed by atoms with E-state index in [0.29, 0.717) is 39.3 Å². The van der Waals surface area contributed by atoms with Crippen LogP contribution in [0, 0.1) is 0 Å². The van der Waals surface area contributed by atoms with Gasteiger partial charge in [0.25, 0.3) is 5.88 Å². The molecule has 0 bridgehead atoms. The first-order valence-corrected chi connectivity index (χ1v) is 9.18. The van der Waals surface area contributed by atoms with Gasteiger partial charge in [-0.3, -0.25) is 5.32 Å². The van der Waals surface area contributed by atoms with Crippen molar-refractivity contribution in [2.24, 2.45) is 0 Å². The zero-order valence-electron chi connectivity index (χ0n) is 16.6. The number of carboxylic acid groups (broad SMARTS) is 1. The van der Waals surface area contributed by atoms with Gasteiger partial charge in [0.1, 0.15) is 22.9 Å². The van der Waals surface area contributed by atoms with E-state index >= 15 is 0 Å². The van der Waals surface area contributed by atoms with Crippen molar-refractivity contribution in [2.75, 3.05) is 40.9 Å². The number of nitrogens with zero attached hydrogens (tertiary/aromatic N) is 2. The van der Waals surface area contributed by atoms with Crippen LogP contribution < -0.4 is 24.3 Å². The van der Waals surface area contributed by atoms with Gasteiger partial charge < -0.3 is 28.8 Å². The molecule has 2 N–H and O–H groups in total. The second-order valence-corrected chi connectivity index (χ2v) is 6.74. The Balaban J connectivity index is 2.34. The van der Waals surface area contributed by atoms with Crippen molar-refractivity contribution >= 4 is 27.9 Å². The Bertz CT molecular complexity index is 1020. The molecule has 1 amide bonds. The standard InChI is InChI=1S/C18H21N3O7S/c1-24-8-9-6-10(25-2)12(11(7-9)26-3)14-17(28-5)29-16-13(19-18(22)23)15(27-4)20-21(14)16/h6-7,19H,8H2,1-5H3,(H,22,23). The monoisotopic (exact) mass is 423 g/mol. The summed E-state index contributed by atoms with van der Waals surface area (Å²) in [7, 11) is 7.63. The highest BCUT2D eigenvalue weighted by molar-refractivity contribution is 7.20. The molecule has 0 saturated heterocycles. The van der Waals surface area contributed by atoms with Crippen LogP contribution in [-0.2, 0) is 11.3 Å². The van der Waals surface area contributed by atoms with Crippen LogP contribution in [0.4, 0.5) is 10.5 Å². The van der Waals surface area contributed by atoms with Crippen molar-refractivity contribution < 1.29 is 33.6 Å². The number of benzene rings is 1. The zero-order chi connectivity index (χ0) is 21.1. The highest BCUT2D eigenvalue weighted by Gasteiger charge is 2.28. The molecule has 10 nitrogen and oxygen atoms in total. The predicted molar refractivity (Wildman–Crippen MR) is 107 cm³/mol. The van der Waals surface area contributed by atoms with Crippen LogP contribution >= 0.6 is 11.3 Å². The highest BCUT2D eigenvalue weighted by atomic mass is 32.1. The maximum absolute atomic E-state index is 11.2. The van der Waals surface area contributed by atoms with Crippen molar-refractivity contribution in [2.45, 2.75) is 6.61 Å². The van der Waals surface area contributed by atoms with Crippen molar-refractivity contribution in [3.05, 3.63) is 17.7 Å². The summed E-state index contributed by atoms with van der Waals surface area (Å²) in [6.45, 7) is 0.380. The fourth-order valence-electron chi connectivity index (χ4n) is 3.00. The number of methoxy groups -OCH3 is 5. The number of nitrogens with one attached hydrogen (secondary N) is 1. The Kier molecular flexibility index (Phi) is 5.99. The van der Waals surface area contributed by atoms with Gasteiger partial charge in [-0.05, 0) is 17.7 Å². The Morgan fingerprint density at radius 1 is 1.10 bits per heavy atom. The Hall–Kier alpha value is -3.18. The average molecular weight is 423 g/mol. The molecular formula is C18H21N3O7S. The second kappa shape index (κ2) is 8.45. The molecule has 2 heterocycles. The number of amides is 1. The van der Waals surface area contributed by atoms with Crippen LogP contribution in [0.25, 0.3) is 16.1 Å². The molecule has 3 aromatic rings. The molecule has 0 unspecified atom stereocenters. The third kappa shape index (κ3) is 3.61. The maximum Gasteiger partial charge on any atom is 0.409 e. The van der Waals surface area contributed by atoms with Gasteiger partial charge in [0.05, 0.1) is 40.6 Å². The van der Waals surface area contributed by atoms with Crippen LogP contribution in [0.2, 0.25) is 0 Å². The molecule has 3 rings (SSSR count). The number of fused-ring (bicyclic) bond motifs is 1. The molecule has 0 aliphatic rings. The number of anilines is 1. The minimum Gasteiger partial charge on any atom is -0.496 e. The summed E-state index contributed by atoms with van der Waals surface area (Å²) in [6.07, 6.45) is -1.23. The molecule has 0 spiro atoms. The first kappa shape index (κ1) is 20.6. The summed E-state index contributed by atoms with van der Waals surface area (Å²) in [4.78, 5) is 11.7. The van der Waals surface area contributed by atoms with Gasteiger partial charge in [-0.2, -0.15) is 0 Å². The fourth-order valence-corrected chi connectivity index (χ4v) is 4.01. The second-order valence-electron chi connectivity index (χ2n) is 5.78. The lowest BCUT2D eigenvalue weighted by Gasteiger charge is -2.15. The summed E-state index contributed by atoms with van der Waals surface area (Å²) < 4.78 is 28.8. The molecule has 0 atom stereocenters. The van der Waals surface area contributed by atoms with Crippen LogP contribution in [0.3, 0.4) is 0 Å². The van der Waals surface area contributed by atoms with E-state index in [1.54, 1.807) is 25.8 Å². The van der Waals surface area contributed by atoms with E-state index in [-0.39, 0.29) is 11.6 Å². The number of hydrogen-bond acceptors (Lipinski definition) is 8. The van der Waals surface area contributed by atoms with Crippen LogP contribution in [0.15, 0.2) is 12.1 Å². The predicted octanol–water partition coefficient (Wildman–Crippen LogP) is 3.33. The highest BCUT2D eigenvalue weighted by Crippen LogP contribution is 2.49. The summed E-state index contributed by atoms with van der Waals surface area (Å²) in [5.41, 5.74) is 2.23. The molecule has 11 heteroatoms. The topological polar surface area (TPSA) is 113 Å². The third-order valence-electron chi connectivity index (χ3n) is 4.13. The first-order chi connectivity index (χ1) is 14.0. The number of hydrogen-bond donors (Lipinski definition) is 2. The molecule has 0 aliphatic carbocycles. The lowest BCUT2D eigenvalue weighted by Crippen LogP contribution is -2.07. The molecule has 0 saturated carbocycles. The molecule has 0 radical (unpaired) electrons. The normalized spacial score (nSPS) is 10.8. The quantitative estimate of drug-likeness (QED) is 0.567. The maximum atomic E-state index is 11.2. The largest absolute Gasteiger partial charge is 0.496 e.